The van der Waals surface area contributed by atoms with Gasteiger partial charge >= 0.3 is 0 Å². The normalized spacial score (nSPS) is 10.8. The van der Waals surface area contributed by atoms with Gasteiger partial charge in [-0.05, 0) is 54.6 Å². The van der Waals surface area contributed by atoms with Crippen LogP contribution in [-0.4, -0.2) is 27.7 Å². The van der Waals surface area contributed by atoms with Crippen LogP contribution in [0.1, 0.15) is 0 Å². The van der Waals surface area contributed by atoms with Gasteiger partial charge in [0.05, 0.1) is 12.1 Å². The van der Waals surface area contributed by atoms with Crippen LogP contribution in [0.25, 0.3) is 23.0 Å². The Labute approximate surface area is 176 Å². The van der Waals surface area contributed by atoms with Crippen LogP contribution in [0.4, 0.5) is 10.1 Å². The molecule has 0 fully saturated rings. The monoisotopic (exact) mass is 426 g/mol. The van der Waals surface area contributed by atoms with Crippen LogP contribution in [0.5, 0.6) is 5.75 Å². The zero-order valence-electron chi connectivity index (χ0n) is 15.8. The molecule has 0 saturated heterocycles. The number of nitrogens with zero attached hydrogens (tertiary/aromatic N) is 3. The predicted octanol–water partition coefficient (Wildman–Crippen LogP) is 4.64. The zero-order chi connectivity index (χ0) is 21.1. The van der Waals surface area contributed by atoms with Gasteiger partial charge in [0.2, 0.25) is 11.7 Å². The lowest BCUT2D eigenvalue weighted by molar-refractivity contribution is -0.116. The molecule has 1 amide bonds. The Bertz CT molecular complexity index is 1190. The van der Waals surface area contributed by atoms with Crippen LogP contribution in [0, 0.1) is 5.82 Å². The van der Waals surface area contributed by atoms with Gasteiger partial charge in [0, 0.05) is 17.4 Å². The molecule has 0 unspecified atom stereocenters. The lowest BCUT2D eigenvalue weighted by Gasteiger charge is -2.09. The molecule has 7 nitrogen and oxygen atoms in total. The molecule has 0 bridgehead atoms. The second kappa shape index (κ2) is 8.38. The molecule has 2 aromatic heterocycles. The summed E-state index contributed by atoms with van der Waals surface area (Å²) in [5, 5.41) is 7.12. The van der Waals surface area contributed by atoms with Crippen molar-refractivity contribution in [2.75, 3.05) is 12.4 Å². The topological polar surface area (TPSA) is 82.2 Å². The van der Waals surface area contributed by atoms with E-state index in [9.17, 15) is 9.18 Å². The first kappa shape index (κ1) is 19.7. The third-order valence-electron chi connectivity index (χ3n) is 4.33. The number of hydrogen-bond donors (Lipinski definition) is 1. The molecule has 152 valence electrons. The molecule has 9 heteroatoms. The maximum atomic E-state index is 13.1. The van der Waals surface area contributed by atoms with Crippen molar-refractivity contribution in [3.05, 3.63) is 71.6 Å². The van der Waals surface area contributed by atoms with Crippen molar-refractivity contribution in [1.29, 1.82) is 0 Å². The number of hydrogen-bond acceptors (Lipinski definition) is 5. The Morgan fingerprint density at radius 3 is 2.77 bits per heavy atom. The molecule has 0 aliphatic carbocycles. The minimum atomic E-state index is -0.347. The predicted molar refractivity (Wildman–Crippen MR) is 110 cm³/mol. The van der Waals surface area contributed by atoms with E-state index in [1.54, 1.807) is 53.2 Å². The number of benzene rings is 2. The summed E-state index contributed by atoms with van der Waals surface area (Å²) < 4.78 is 25.2. The number of halogens is 2. The highest BCUT2D eigenvalue weighted by atomic mass is 35.5. The molecule has 0 spiro atoms. The summed E-state index contributed by atoms with van der Waals surface area (Å²) in [4.78, 5) is 16.8. The number of methoxy groups -OCH3 is 1. The van der Waals surface area contributed by atoms with Crippen LogP contribution >= 0.6 is 11.6 Å². The van der Waals surface area contributed by atoms with E-state index in [4.69, 9.17) is 20.9 Å². The molecule has 0 saturated carbocycles. The van der Waals surface area contributed by atoms with E-state index < -0.39 is 0 Å². The Hall–Kier alpha value is -3.65. The van der Waals surface area contributed by atoms with E-state index in [1.807, 2.05) is 0 Å². The SMILES string of the molecule is COc1ccc(NC(=O)Cn2cccc2-c2nc(-c3ccc(F)cc3)no2)cc1Cl. The molecule has 0 aliphatic heterocycles. The van der Waals surface area contributed by atoms with Crippen molar-refractivity contribution >= 4 is 23.2 Å². The molecule has 0 aliphatic rings. The van der Waals surface area contributed by atoms with Gasteiger partial charge in [-0.25, -0.2) is 4.39 Å². The van der Waals surface area contributed by atoms with Gasteiger partial charge in [-0.15, -0.1) is 0 Å². The van der Waals surface area contributed by atoms with Crippen molar-refractivity contribution in [3.63, 3.8) is 0 Å². The molecule has 1 N–H and O–H groups in total. The number of carbonyl (C=O) groups is 1. The average molecular weight is 427 g/mol. The summed E-state index contributed by atoms with van der Waals surface area (Å²) in [5.74, 6) is 0.498. The first-order chi connectivity index (χ1) is 14.5. The van der Waals surface area contributed by atoms with Crippen LogP contribution in [-0.2, 0) is 11.3 Å². The largest absolute Gasteiger partial charge is 0.495 e. The molecule has 0 atom stereocenters. The fourth-order valence-electron chi connectivity index (χ4n) is 2.89. The van der Waals surface area contributed by atoms with Gasteiger partial charge in [0.15, 0.2) is 0 Å². The Balaban J connectivity index is 1.49. The Morgan fingerprint density at radius 1 is 1.23 bits per heavy atom. The maximum absolute atomic E-state index is 13.1. The van der Waals surface area contributed by atoms with E-state index in [0.717, 1.165) is 0 Å². The summed E-state index contributed by atoms with van der Waals surface area (Å²) in [5.41, 5.74) is 1.76. The average Bonchev–Trinajstić information content (AvgIpc) is 3.38. The fraction of sp³-hybridized carbons (Fsp3) is 0.0952. The number of rotatable bonds is 6. The highest BCUT2D eigenvalue weighted by Crippen LogP contribution is 2.27. The van der Waals surface area contributed by atoms with E-state index in [2.05, 4.69) is 15.5 Å². The van der Waals surface area contributed by atoms with Crippen molar-refractivity contribution < 1.29 is 18.4 Å². The first-order valence-corrected chi connectivity index (χ1v) is 9.30. The quantitative estimate of drug-likeness (QED) is 0.485. The van der Waals surface area contributed by atoms with Gasteiger partial charge in [0.1, 0.15) is 23.8 Å². The fourth-order valence-corrected chi connectivity index (χ4v) is 3.15. The summed E-state index contributed by atoms with van der Waals surface area (Å²) in [6.45, 7) is 0.0280. The van der Waals surface area contributed by atoms with Crippen molar-refractivity contribution in [3.8, 4) is 28.7 Å². The Kier molecular flexibility index (Phi) is 5.49. The summed E-state index contributed by atoms with van der Waals surface area (Å²) in [6.07, 6.45) is 1.73. The van der Waals surface area contributed by atoms with E-state index >= 15 is 0 Å². The smallest absolute Gasteiger partial charge is 0.274 e. The van der Waals surface area contributed by atoms with Crippen LogP contribution < -0.4 is 10.1 Å². The van der Waals surface area contributed by atoms with E-state index in [0.29, 0.717) is 33.5 Å². The van der Waals surface area contributed by atoms with Crippen LogP contribution in [0.2, 0.25) is 5.02 Å². The maximum Gasteiger partial charge on any atom is 0.274 e. The minimum absolute atomic E-state index is 0.0280. The highest BCUT2D eigenvalue weighted by Gasteiger charge is 2.16. The number of aromatic nitrogens is 3. The number of carbonyl (C=O) groups excluding carboxylic acids is 1. The summed E-state index contributed by atoms with van der Waals surface area (Å²) in [7, 11) is 1.52. The molecule has 4 aromatic rings. The van der Waals surface area contributed by atoms with Gasteiger partial charge in [-0.1, -0.05) is 16.8 Å². The molecule has 2 aromatic carbocycles. The lowest BCUT2D eigenvalue weighted by Crippen LogP contribution is -2.18. The number of ether oxygens (including phenoxy) is 1. The molecular formula is C21H16ClFN4O3. The second-order valence-corrected chi connectivity index (χ2v) is 6.76. The first-order valence-electron chi connectivity index (χ1n) is 8.92. The number of anilines is 1. The number of nitrogens with one attached hydrogen (secondary N) is 1. The molecular weight excluding hydrogens is 411 g/mol. The number of amides is 1. The van der Waals surface area contributed by atoms with E-state index in [-0.39, 0.29) is 24.2 Å². The standard InChI is InChI=1S/C21H16ClFN4O3/c1-29-18-9-8-15(11-16(18)22)24-19(28)12-27-10-2-3-17(27)21-25-20(26-30-21)13-4-6-14(23)7-5-13/h2-11H,12H2,1H3,(H,24,28). The highest BCUT2D eigenvalue weighted by molar-refractivity contribution is 6.32. The summed E-state index contributed by atoms with van der Waals surface area (Å²) in [6, 6.07) is 14.3. The van der Waals surface area contributed by atoms with Crippen molar-refractivity contribution in [2.24, 2.45) is 0 Å². The van der Waals surface area contributed by atoms with Gasteiger partial charge < -0.3 is 19.1 Å². The summed E-state index contributed by atoms with van der Waals surface area (Å²) >= 11 is 6.09. The van der Waals surface area contributed by atoms with Gasteiger partial charge in [0.25, 0.3) is 5.89 Å². The Morgan fingerprint density at radius 2 is 2.03 bits per heavy atom. The minimum Gasteiger partial charge on any atom is -0.495 e. The molecule has 4 rings (SSSR count). The second-order valence-electron chi connectivity index (χ2n) is 6.35. The van der Waals surface area contributed by atoms with Crippen LogP contribution in [0.3, 0.4) is 0 Å². The van der Waals surface area contributed by atoms with E-state index in [1.165, 1.54) is 19.2 Å². The van der Waals surface area contributed by atoms with Gasteiger partial charge in [-0.3, -0.25) is 4.79 Å². The molecule has 0 radical (unpaired) electrons. The molecule has 2 heterocycles. The lowest BCUT2D eigenvalue weighted by atomic mass is 10.2. The van der Waals surface area contributed by atoms with Crippen LogP contribution in [0.15, 0.2) is 65.3 Å². The van der Waals surface area contributed by atoms with Gasteiger partial charge in [-0.2, -0.15) is 4.98 Å². The third-order valence-corrected chi connectivity index (χ3v) is 4.62. The van der Waals surface area contributed by atoms with Crippen molar-refractivity contribution in [1.82, 2.24) is 14.7 Å². The molecule has 30 heavy (non-hydrogen) atoms. The van der Waals surface area contributed by atoms with Crippen molar-refractivity contribution in [2.45, 2.75) is 6.54 Å². The third kappa shape index (κ3) is 4.18. The zero-order valence-corrected chi connectivity index (χ0v) is 16.6.